The van der Waals surface area contributed by atoms with Crippen LogP contribution in [-0.4, -0.2) is 76.1 Å². The molecule has 0 spiro atoms. The number of rotatable bonds is 5. The lowest BCUT2D eigenvalue weighted by Crippen LogP contribution is -2.35. The molecule has 7 heteroatoms. The molecule has 0 saturated carbocycles. The normalized spacial score (nSPS) is 38.2. The van der Waals surface area contributed by atoms with Crippen molar-refractivity contribution < 1.29 is 35.0 Å². The Balaban J connectivity index is 2.37. The highest BCUT2D eigenvalue weighted by Gasteiger charge is 2.43. The molecule has 5 N–H and O–H groups in total. The van der Waals surface area contributed by atoms with Crippen LogP contribution in [0.15, 0.2) is 0 Å². The molecule has 0 aromatic heterocycles. The van der Waals surface area contributed by atoms with Gasteiger partial charge in [0.1, 0.15) is 24.4 Å². The Bertz CT molecular complexity index is 188. The zero-order valence-corrected chi connectivity index (χ0v) is 8.06. The summed E-state index contributed by atoms with van der Waals surface area (Å²) in [6, 6.07) is 0. The highest BCUT2D eigenvalue weighted by molar-refractivity contribution is 4.86. The molecule has 0 amide bonds. The molecule has 7 nitrogen and oxygen atoms in total. The lowest BCUT2D eigenvalue weighted by Gasteiger charge is -2.17. The van der Waals surface area contributed by atoms with Gasteiger partial charge in [-0.3, -0.25) is 0 Å². The Labute approximate surface area is 86.5 Å². The van der Waals surface area contributed by atoms with Gasteiger partial charge >= 0.3 is 0 Å². The van der Waals surface area contributed by atoms with Gasteiger partial charge in [0, 0.05) is 0 Å². The van der Waals surface area contributed by atoms with Gasteiger partial charge < -0.3 is 35.0 Å². The van der Waals surface area contributed by atoms with Crippen LogP contribution in [0.1, 0.15) is 0 Å². The maximum Gasteiger partial charge on any atom is 0.186 e. The summed E-state index contributed by atoms with van der Waals surface area (Å²) in [6.07, 6.45) is -5.54. The molecular formula is C8H16O7. The Morgan fingerprint density at radius 2 is 1.87 bits per heavy atom. The van der Waals surface area contributed by atoms with Gasteiger partial charge in [-0.1, -0.05) is 0 Å². The number of aliphatic hydroxyl groups excluding tert-OH is 5. The first-order chi connectivity index (χ1) is 7.10. The number of hydrogen-bond acceptors (Lipinski definition) is 7. The van der Waals surface area contributed by atoms with Crippen molar-refractivity contribution in [2.75, 3.05) is 19.8 Å². The van der Waals surface area contributed by atoms with Crippen LogP contribution in [0.4, 0.5) is 0 Å². The summed E-state index contributed by atoms with van der Waals surface area (Å²) < 4.78 is 9.88. The van der Waals surface area contributed by atoms with Crippen molar-refractivity contribution in [1.82, 2.24) is 0 Å². The van der Waals surface area contributed by atoms with Crippen molar-refractivity contribution in [3.8, 4) is 0 Å². The summed E-state index contributed by atoms with van der Waals surface area (Å²) >= 11 is 0. The fraction of sp³-hybridized carbons (Fsp3) is 1.00. The molecule has 0 aromatic carbocycles. The molecule has 0 aliphatic carbocycles. The molecule has 15 heavy (non-hydrogen) atoms. The minimum atomic E-state index is -1.27. The van der Waals surface area contributed by atoms with E-state index in [1.165, 1.54) is 0 Å². The lowest BCUT2D eigenvalue weighted by atomic mass is 10.1. The van der Waals surface area contributed by atoms with Crippen molar-refractivity contribution in [3.63, 3.8) is 0 Å². The Morgan fingerprint density at radius 3 is 2.33 bits per heavy atom. The van der Waals surface area contributed by atoms with Gasteiger partial charge in [-0.15, -0.1) is 0 Å². The standard InChI is InChI=1S/C8H16O7/c9-1-4(11)3-14-8-7(13)6(12)5(2-10)15-8/h4-13H,1-3H2. The van der Waals surface area contributed by atoms with E-state index in [0.29, 0.717) is 0 Å². The maximum atomic E-state index is 9.39. The molecule has 5 unspecified atom stereocenters. The summed E-state index contributed by atoms with van der Waals surface area (Å²) in [7, 11) is 0. The third-order valence-electron chi connectivity index (χ3n) is 2.16. The molecule has 1 aliphatic rings. The molecule has 1 heterocycles. The van der Waals surface area contributed by atoms with Gasteiger partial charge in [-0.2, -0.15) is 0 Å². The molecule has 1 aliphatic heterocycles. The molecule has 1 fully saturated rings. The van der Waals surface area contributed by atoms with Crippen LogP contribution >= 0.6 is 0 Å². The average molecular weight is 224 g/mol. The fourth-order valence-electron chi connectivity index (χ4n) is 1.26. The summed E-state index contributed by atoms with van der Waals surface area (Å²) in [4.78, 5) is 0. The van der Waals surface area contributed by atoms with Gasteiger partial charge in [0.25, 0.3) is 0 Å². The van der Waals surface area contributed by atoms with Crippen molar-refractivity contribution in [2.45, 2.75) is 30.7 Å². The first-order valence-electron chi connectivity index (χ1n) is 4.63. The maximum absolute atomic E-state index is 9.39. The highest BCUT2D eigenvalue weighted by atomic mass is 16.7. The largest absolute Gasteiger partial charge is 0.394 e. The molecular weight excluding hydrogens is 208 g/mol. The molecule has 1 rings (SSSR count). The summed E-state index contributed by atoms with van der Waals surface area (Å²) in [6.45, 7) is -1.11. The Hall–Kier alpha value is -0.280. The van der Waals surface area contributed by atoms with Crippen LogP contribution in [0, 0.1) is 0 Å². The van der Waals surface area contributed by atoms with Crippen LogP contribution in [0.25, 0.3) is 0 Å². The molecule has 0 bridgehead atoms. The predicted molar refractivity (Wildman–Crippen MR) is 46.8 cm³/mol. The van der Waals surface area contributed by atoms with Crippen molar-refractivity contribution in [2.24, 2.45) is 0 Å². The summed E-state index contributed by atoms with van der Waals surface area (Å²) in [5.74, 6) is 0. The Morgan fingerprint density at radius 1 is 1.20 bits per heavy atom. The van der Waals surface area contributed by atoms with E-state index in [-0.39, 0.29) is 6.61 Å². The highest BCUT2D eigenvalue weighted by Crippen LogP contribution is 2.21. The SMILES string of the molecule is OCC(O)COC1OC(CO)C(O)C1O. The van der Waals surface area contributed by atoms with E-state index >= 15 is 0 Å². The molecule has 5 atom stereocenters. The third kappa shape index (κ3) is 3.08. The van der Waals surface area contributed by atoms with Crippen LogP contribution in [0.5, 0.6) is 0 Å². The van der Waals surface area contributed by atoms with Gasteiger partial charge in [0.2, 0.25) is 0 Å². The summed E-state index contributed by atoms with van der Waals surface area (Å²) in [5, 5.41) is 44.9. The van der Waals surface area contributed by atoms with Gasteiger partial charge in [0.05, 0.1) is 19.8 Å². The van der Waals surface area contributed by atoms with E-state index in [4.69, 9.17) is 24.8 Å². The Kier molecular flexibility index (Phi) is 4.87. The van der Waals surface area contributed by atoms with Gasteiger partial charge in [-0.25, -0.2) is 0 Å². The van der Waals surface area contributed by atoms with Crippen molar-refractivity contribution >= 4 is 0 Å². The van der Waals surface area contributed by atoms with Crippen molar-refractivity contribution in [1.29, 1.82) is 0 Å². The van der Waals surface area contributed by atoms with E-state index in [9.17, 15) is 10.2 Å². The first-order valence-corrected chi connectivity index (χ1v) is 4.63. The van der Waals surface area contributed by atoms with Gasteiger partial charge in [0.15, 0.2) is 6.29 Å². The van der Waals surface area contributed by atoms with E-state index in [1.807, 2.05) is 0 Å². The molecule has 0 aromatic rings. The third-order valence-corrected chi connectivity index (χ3v) is 2.16. The van der Waals surface area contributed by atoms with Crippen LogP contribution in [0.2, 0.25) is 0 Å². The molecule has 0 radical (unpaired) electrons. The number of ether oxygens (including phenoxy) is 2. The zero-order chi connectivity index (χ0) is 11.4. The quantitative estimate of drug-likeness (QED) is 0.333. The second kappa shape index (κ2) is 5.71. The van der Waals surface area contributed by atoms with Crippen molar-refractivity contribution in [3.05, 3.63) is 0 Å². The fourth-order valence-corrected chi connectivity index (χ4v) is 1.26. The van der Waals surface area contributed by atoms with Gasteiger partial charge in [-0.05, 0) is 0 Å². The average Bonchev–Trinajstić information content (AvgIpc) is 2.52. The summed E-state index contributed by atoms with van der Waals surface area (Å²) in [5.41, 5.74) is 0. The monoisotopic (exact) mass is 224 g/mol. The van der Waals surface area contributed by atoms with Crippen LogP contribution < -0.4 is 0 Å². The van der Waals surface area contributed by atoms with E-state index in [0.717, 1.165) is 0 Å². The topological polar surface area (TPSA) is 120 Å². The second-order valence-electron chi connectivity index (χ2n) is 3.38. The molecule has 90 valence electrons. The van der Waals surface area contributed by atoms with E-state index < -0.39 is 43.9 Å². The minimum Gasteiger partial charge on any atom is -0.394 e. The first kappa shape index (κ1) is 12.8. The van der Waals surface area contributed by atoms with Crippen LogP contribution in [0.3, 0.4) is 0 Å². The minimum absolute atomic E-state index is 0.219. The predicted octanol–water partition coefficient (Wildman–Crippen LogP) is -3.20. The van der Waals surface area contributed by atoms with E-state index in [2.05, 4.69) is 0 Å². The zero-order valence-electron chi connectivity index (χ0n) is 8.06. The number of hydrogen-bond donors (Lipinski definition) is 5. The lowest BCUT2D eigenvalue weighted by molar-refractivity contribution is -0.183. The number of aliphatic hydroxyl groups is 5. The molecule has 1 saturated heterocycles. The smallest absolute Gasteiger partial charge is 0.186 e. The van der Waals surface area contributed by atoms with Crippen LogP contribution in [-0.2, 0) is 9.47 Å². The van der Waals surface area contributed by atoms with E-state index in [1.54, 1.807) is 0 Å². The second-order valence-corrected chi connectivity index (χ2v) is 3.38.